The number of hydrogen-bond acceptors (Lipinski definition) is 3. The molecular formula is C9H4F4O3. The number of aldehydes is 1. The van der Waals surface area contributed by atoms with Crippen LogP contribution in [-0.2, 0) is 9.59 Å². The highest BCUT2D eigenvalue weighted by Gasteiger charge is 2.22. The number of ether oxygens (including phenoxy) is 1. The van der Waals surface area contributed by atoms with Crippen molar-refractivity contribution in [2.45, 2.75) is 6.42 Å². The van der Waals surface area contributed by atoms with E-state index in [-0.39, 0.29) is 12.4 Å². The lowest BCUT2D eigenvalue weighted by molar-refractivity contribution is -0.136. The molecule has 16 heavy (non-hydrogen) atoms. The van der Waals surface area contributed by atoms with Crippen molar-refractivity contribution in [3.63, 3.8) is 0 Å². The fraction of sp³-hybridized carbons (Fsp3) is 0.111. The number of rotatable bonds is 3. The number of hydrogen-bond donors (Lipinski definition) is 0. The van der Waals surface area contributed by atoms with Crippen molar-refractivity contribution < 1.29 is 31.9 Å². The fourth-order valence-electron chi connectivity index (χ4n) is 0.864. The average Bonchev–Trinajstić information content (AvgIpc) is 2.22. The first-order chi connectivity index (χ1) is 7.47. The molecule has 1 rings (SSSR count). The Morgan fingerprint density at radius 3 is 2.12 bits per heavy atom. The van der Waals surface area contributed by atoms with E-state index in [9.17, 15) is 27.2 Å². The molecule has 86 valence electrons. The van der Waals surface area contributed by atoms with E-state index in [4.69, 9.17) is 0 Å². The van der Waals surface area contributed by atoms with Gasteiger partial charge in [-0.1, -0.05) is 0 Å². The van der Waals surface area contributed by atoms with Crippen LogP contribution in [0.15, 0.2) is 6.07 Å². The Kier molecular flexibility index (Phi) is 3.60. The summed E-state index contributed by atoms with van der Waals surface area (Å²) in [5, 5.41) is 0. The minimum atomic E-state index is -1.84. The van der Waals surface area contributed by atoms with Crippen LogP contribution in [0.5, 0.6) is 5.75 Å². The second-order valence-electron chi connectivity index (χ2n) is 2.64. The minimum Gasteiger partial charge on any atom is -0.420 e. The summed E-state index contributed by atoms with van der Waals surface area (Å²) in [5.74, 6) is -9.89. The molecule has 0 aliphatic rings. The number of carbonyl (C=O) groups excluding carboxylic acids is 2. The maximum atomic E-state index is 12.9. The van der Waals surface area contributed by atoms with Gasteiger partial charge in [-0.15, -0.1) is 0 Å². The first-order valence-electron chi connectivity index (χ1n) is 3.94. The van der Waals surface area contributed by atoms with Gasteiger partial charge < -0.3 is 9.53 Å². The van der Waals surface area contributed by atoms with Crippen molar-refractivity contribution in [2.75, 3.05) is 0 Å². The largest absolute Gasteiger partial charge is 0.420 e. The lowest BCUT2D eigenvalue weighted by Crippen LogP contribution is -2.12. The van der Waals surface area contributed by atoms with Gasteiger partial charge in [0.15, 0.2) is 11.6 Å². The van der Waals surface area contributed by atoms with Crippen LogP contribution in [0.4, 0.5) is 17.6 Å². The van der Waals surface area contributed by atoms with Gasteiger partial charge in [0.1, 0.15) is 12.7 Å². The van der Waals surface area contributed by atoms with Gasteiger partial charge in [0.2, 0.25) is 17.4 Å². The topological polar surface area (TPSA) is 43.4 Å². The van der Waals surface area contributed by atoms with E-state index in [0.717, 1.165) is 0 Å². The molecule has 0 saturated carbocycles. The SMILES string of the molecule is O=CCC(=O)Oc1c(F)c(F)cc(F)c1F. The van der Waals surface area contributed by atoms with Gasteiger partial charge >= 0.3 is 5.97 Å². The Bertz CT molecular complexity index is 419. The molecule has 0 aliphatic heterocycles. The van der Waals surface area contributed by atoms with E-state index in [1.807, 2.05) is 0 Å². The number of benzene rings is 1. The first-order valence-corrected chi connectivity index (χ1v) is 3.94. The van der Waals surface area contributed by atoms with Crippen molar-refractivity contribution in [3.05, 3.63) is 29.3 Å². The zero-order valence-electron chi connectivity index (χ0n) is 7.60. The average molecular weight is 236 g/mol. The van der Waals surface area contributed by atoms with E-state index < -0.39 is 41.4 Å². The van der Waals surface area contributed by atoms with Gasteiger partial charge in [-0.25, -0.2) is 8.78 Å². The lowest BCUT2D eigenvalue weighted by atomic mass is 10.3. The fourth-order valence-corrected chi connectivity index (χ4v) is 0.864. The Hall–Kier alpha value is -1.92. The quantitative estimate of drug-likeness (QED) is 0.200. The molecule has 1 aromatic rings. The molecule has 7 heteroatoms. The third kappa shape index (κ3) is 2.36. The first kappa shape index (κ1) is 12.2. The summed E-state index contributed by atoms with van der Waals surface area (Å²) in [6.45, 7) is 0. The van der Waals surface area contributed by atoms with Gasteiger partial charge in [0.25, 0.3) is 0 Å². The van der Waals surface area contributed by atoms with Crippen molar-refractivity contribution in [1.82, 2.24) is 0 Å². The Morgan fingerprint density at radius 1 is 1.19 bits per heavy atom. The number of halogens is 4. The Morgan fingerprint density at radius 2 is 1.69 bits per heavy atom. The molecule has 0 bridgehead atoms. The Balaban J connectivity index is 3.12. The maximum Gasteiger partial charge on any atom is 0.318 e. The smallest absolute Gasteiger partial charge is 0.318 e. The molecular weight excluding hydrogens is 232 g/mol. The molecule has 0 N–H and O–H groups in total. The molecule has 0 unspecified atom stereocenters. The highest BCUT2D eigenvalue weighted by molar-refractivity contribution is 5.85. The molecule has 0 heterocycles. The van der Waals surface area contributed by atoms with Crippen molar-refractivity contribution in [2.24, 2.45) is 0 Å². The second-order valence-corrected chi connectivity index (χ2v) is 2.64. The van der Waals surface area contributed by atoms with Crippen molar-refractivity contribution in [1.29, 1.82) is 0 Å². The van der Waals surface area contributed by atoms with Crippen LogP contribution in [0.3, 0.4) is 0 Å². The van der Waals surface area contributed by atoms with E-state index in [1.54, 1.807) is 0 Å². The molecule has 0 amide bonds. The van der Waals surface area contributed by atoms with Crippen LogP contribution in [-0.4, -0.2) is 12.3 Å². The van der Waals surface area contributed by atoms with Crippen molar-refractivity contribution in [3.8, 4) is 5.75 Å². The maximum absolute atomic E-state index is 12.9. The molecule has 0 radical (unpaired) electrons. The van der Waals surface area contributed by atoms with Crippen molar-refractivity contribution >= 4 is 12.3 Å². The Labute approximate surface area is 86.6 Å². The number of carbonyl (C=O) groups is 2. The zero-order chi connectivity index (χ0) is 12.3. The second kappa shape index (κ2) is 4.73. The van der Waals surface area contributed by atoms with Crippen LogP contribution in [0.1, 0.15) is 6.42 Å². The van der Waals surface area contributed by atoms with Crippen LogP contribution in [0.25, 0.3) is 0 Å². The minimum absolute atomic E-state index is 0.0261. The summed E-state index contributed by atoms with van der Waals surface area (Å²) in [7, 11) is 0. The predicted molar refractivity (Wildman–Crippen MR) is 42.6 cm³/mol. The van der Waals surface area contributed by atoms with E-state index in [2.05, 4.69) is 4.74 Å². The molecule has 1 aromatic carbocycles. The van der Waals surface area contributed by atoms with E-state index in [1.165, 1.54) is 0 Å². The lowest BCUT2D eigenvalue weighted by Gasteiger charge is -2.06. The van der Waals surface area contributed by atoms with Gasteiger partial charge in [-0.2, -0.15) is 8.78 Å². The summed E-state index contributed by atoms with van der Waals surface area (Å²) in [6, 6.07) is -0.0261. The summed E-state index contributed by atoms with van der Waals surface area (Å²) in [4.78, 5) is 20.6. The molecule has 0 saturated heterocycles. The van der Waals surface area contributed by atoms with Crippen LogP contribution < -0.4 is 4.74 Å². The predicted octanol–water partition coefficient (Wildman–Crippen LogP) is 1.74. The van der Waals surface area contributed by atoms with E-state index >= 15 is 0 Å². The van der Waals surface area contributed by atoms with Crippen LogP contribution in [0, 0.1) is 23.3 Å². The van der Waals surface area contributed by atoms with Crippen LogP contribution in [0.2, 0.25) is 0 Å². The van der Waals surface area contributed by atoms with E-state index in [0.29, 0.717) is 0 Å². The van der Waals surface area contributed by atoms with Gasteiger partial charge in [0, 0.05) is 6.07 Å². The monoisotopic (exact) mass is 236 g/mol. The van der Waals surface area contributed by atoms with Gasteiger partial charge in [-0.05, 0) is 0 Å². The molecule has 0 aliphatic carbocycles. The summed E-state index contributed by atoms with van der Waals surface area (Å²) in [6.07, 6.45) is -0.662. The molecule has 0 aromatic heterocycles. The third-order valence-corrected chi connectivity index (χ3v) is 1.54. The molecule has 3 nitrogen and oxygen atoms in total. The summed E-state index contributed by atoms with van der Waals surface area (Å²) >= 11 is 0. The molecule has 0 spiro atoms. The number of esters is 1. The van der Waals surface area contributed by atoms with Crippen LogP contribution >= 0.6 is 0 Å². The van der Waals surface area contributed by atoms with Gasteiger partial charge in [-0.3, -0.25) is 4.79 Å². The third-order valence-electron chi connectivity index (χ3n) is 1.54. The molecule has 0 fully saturated rings. The summed E-state index contributed by atoms with van der Waals surface area (Å²) < 4.78 is 55.0. The molecule has 0 atom stereocenters. The van der Waals surface area contributed by atoms with Gasteiger partial charge in [0.05, 0.1) is 0 Å². The standard InChI is InChI=1S/C9H4F4O3/c10-4-3-5(11)8(13)9(7(4)12)16-6(15)1-2-14/h2-3H,1H2. The zero-order valence-corrected chi connectivity index (χ0v) is 7.60. The highest BCUT2D eigenvalue weighted by atomic mass is 19.2. The highest BCUT2D eigenvalue weighted by Crippen LogP contribution is 2.26. The normalized spacial score (nSPS) is 10.0. The summed E-state index contributed by atoms with van der Waals surface area (Å²) in [5.41, 5.74) is 0.